The van der Waals surface area contributed by atoms with Crippen LogP contribution in [0.25, 0.3) is 11.6 Å². The summed E-state index contributed by atoms with van der Waals surface area (Å²) in [6, 6.07) is 0. The van der Waals surface area contributed by atoms with Crippen molar-refractivity contribution >= 4 is 0 Å². The highest BCUT2D eigenvalue weighted by Crippen LogP contribution is 2.15. The van der Waals surface area contributed by atoms with Gasteiger partial charge in [-0.15, -0.1) is 0 Å². The molecular weight excluding hydrogens is 172 g/mol. The summed E-state index contributed by atoms with van der Waals surface area (Å²) >= 11 is 0. The van der Waals surface area contributed by atoms with Gasteiger partial charge in [0.25, 0.3) is 0 Å². The van der Waals surface area contributed by atoms with Crippen LogP contribution in [0.5, 0.6) is 0 Å². The number of nitrogens with zero attached hydrogens (tertiary/aromatic N) is 4. The molecule has 6 nitrogen and oxygen atoms in total. The van der Waals surface area contributed by atoms with Crippen molar-refractivity contribution in [3.05, 3.63) is 12.3 Å². The van der Waals surface area contributed by atoms with Crippen LogP contribution in [0, 0.1) is 0 Å². The molecule has 0 saturated heterocycles. The highest BCUT2D eigenvalue weighted by molar-refractivity contribution is 5.39. The highest BCUT2D eigenvalue weighted by atomic mass is 16.5. The minimum absolute atomic E-state index is 0.202. The molecule has 0 aliphatic carbocycles. The van der Waals surface area contributed by atoms with Crippen LogP contribution in [0.1, 0.15) is 25.7 Å². The van der Waals surface area contributed by atoms with E-state index in [1.807, 2.05) is 13.8 Å². The topological polar surface area (TPSA) is 77.8 Å². The first-order valence-electron chi connectivity index (χ1n) is 3.87. The lowest BCUT2D eigenvalue weighted by Crippen LogP contribution is -1.87. The van der Waals surface area contributed by atoms with E-state index < -0.39 is 0 Å². The van der Waals surface area contributed by atoms with Gasteiger partial charge in [0.2, 0.25) is 23.9 Å². The lowest BCUT2D eigenvalue weighted by atomic mass is 10.2. The SMILES string of the molecule is CC(C)c1nc(-c2ncon2)no1. The Morgan fingerprint density at radius 3 is 2.62 bits per heavy atom. The number of hydrogen-bond acceptors (Lipinski definition) is 6. The Morgan fingerprint density at radius 2 is 2.08 bits per heavy atom. The molecule has 0 amide bonds. The zero-order chi connectivity index (χ0) is 9.26. The van der Waals surface area contributed by atoms with Crippen LogP contribution in [-0.2, 0) is 0 Å². The second-order valence-corrected chi connectivity index (χ2v) is 2.87. The van der Waals surface area contributed by atoms with Crippen molar-refractivity contribution in [2.24, 2.45) is 0 Å². The summed E-state index contributed by atoms with van der Waals surface area (Å²) in [7, 11) is 0. The summed E-state index contributed by atoms with van der Waals surface area (Å²) in [4.78, 5) is 7.89. The Kier molecular flexibility index (Phi) is 1.80. The third kappa shape index (κ3) is 1.42. The fraction of sp³-hybridized carbons (Fsp3) is 0.429. The van der Waals surface area contributed by atoms with Crippen LogP contribution in [-0.4, -0.2) is 20.3 Å². The van der Waals surface area contributed by atoms with Crippen LogP contribution in [0.15, 0.2) is 15.4 Å². The third-order valence-corrected chi connectivity index (χ3v) is 1.50. The number of hydrogen-bond donors (Lipinski definition) is 0. The zero-order valence-electron chi connectivity index (χ0n) is 7.26. The fourth-order valence-electron chi connectivity index (χ4n) is 0.830. The van der Waals surface area contributed by atoms with Crippen molar-refractivity contribution in [3.63, 3.8) is 0 Å². The van der Waals surface area contributed by atoms with Crippen LogP contribution >= 0.6 is 0 Å². The van der Waals surface area contributed by atoms with Gasteiger partial charge < -0.3 is 9.05 Å². The van der Waals surface area contributed by atoms with Gasteiger partial charge in [0.05, 0.1) is 0 Å². The van der Waals surface area contributed by atoms with Crippen LogP contribution in [0.3, 0.4) is 0 Å². The van der Waals surface area contributed by atoms with Crippen molar-refractivity contribution in [1.29, 1.82) is 0 Å². The largest absolute Gasteiger partial charge is 0.342 e. The van der Waals surface area contributed by atoms with E-state index >= 15 is 0 Å². The molecule has 68 valence electrons. The standard InChI is InChI=1S/C7H8N4O2/c1-4(2)7-9-6(11-13-7)5-8-3-12-10-5/h3-4H,1-2H3. The van der Waals surface area contributed by atoms with Crippen molar-refractivity contribution < 1.29 is 9.05 Å². The zero-order valence-corrected chi connectivity index (χ0v) is 7.26. The summed E-state index contributed by atoms with van der Waals surface area (Å²) in [6.07, 6.45) is 1.22. The average Bonchev–Trinajstić information content (AvgIpc) is 2.75. The maximum absolute atomic E-state index is 4.97. The molecule has 0 bridgehead atoms. The van der Waals surface area contributed by atoms with Gasteiger partial charge in [-0.2, -0.15) is 9.97 Å². The molecule has 13 heavy (non-hydrogen) atoms. The van der Waals surface area contributed by atoms with Gasteiger partial charge in [0.1, 0.15) is 0 Å². The molecule has 0 aliphatic rings. The Hall–Kier alpha value is -1.72. The molecule has 0 aromatic carbocycles. The fourth-order valence-corrected chi connectivity index (χ4v) is 0.830. The molecule has 2 aromatic heterocycles. The van der Waals surface area contributed by atoms with Gasteiger partial charge in [-0.25, -0.2) is 0 Å². The normalized spacial score (nSPS) is 11.0. The molecule has 0 N–H and O–H groups in total. The maximum Gasteiger partial charge on any atom is 0.243 e. The molecule has 2 heterocycles. The van der Waals surface area contributed by atoms with E-state index in [4.69, 9.17) is 4.52 Å². The minimum atomic E-state index is 0.202. The Labute approximate surface area is 74.0 Å². The van der Waals surface area contributed by atoms with Gasteiger partial charge in [0, 0.05) is 5.92 Å². The molecule has 0 atom stereocenters. The van der Waals surface area contributed by atoms with Crippen LogP contribution < -0.4 is 0 Å². The minimum Gasteiger partial charge on any atom is -0.342 e. The van der Waals surface area contributed by atoms with Gasteiger partial charge >= 0.3 is 0 Å². The van der Waals surface area contributed by atoms with E-state index in [1.165, 1.54) is 6.39 Å². The van der Waals surface area contributed by atoms with Gasteiger partial charge in [-0.1, -0.05) is 24.2 Å². The quantitative estimate of drug-likeness (QED) is 0.691. The predicted octanol–water partition coefficient (Wildman–Crippen LogP) is 1.24. The molecule has 0 radical (unpaired) electrons. The molecule has 2 aromatic rings. The van der Waals surface area contributed by atoms with Crippen LogP contribution in [0.4, 0.5) is 0 Å². The third-order valence-electron chi connectivity index (χ3n) is 1.50. The predicted molar refractivity (Wildman–Crippen MR) is 41.7 cm³/mol. The Bertz CT molecular complexity index is 379. The summed E-state index contributed by atoms with van der Waals surface area (Å²) in [6.45, 7) is 3.93. The van der Waals surface area contributed by atoms with E-state index in [2.05, 4.69) is 24.8 Å². The molecule has 0 aliphatic heterocycles. The van der Waals surface area contributed by atoms with Crippen molar-refractivity contribution in [1.82, 2.24) is 20.3 Å². The molecular formula is C7H8N4O2. The molecule has 0 fully saturated rings. The number of rotatable bonds is 2. The van der Waals surface area contributed by atoms with Gasteiger partial charge in [-0.3, -0.25) is 0 Å². The van der Waals surface area contributed by atoms with E-state index in [0.717, 1.165) is 0 Å². The van der Waals surface area contributed by atoms with Gasteiger partial charge in [0.15, 0.2) is 0 Å². The molecule has 2 rings (SSSR count). The lowest BCUT2D eigenvalue weighted by Gasteiger charge is -1.91. The highest BCUT2D eigenvalue weighted by Gasteiger charge is 2.14. The summed E-state index contributed by atoms with van der Waals surface area (Å²) < 4.78 is 9.52. The first-order chi connectivity index (χ1) is 6.27. The van der Waals surface area contributed by atoms with E-state index in [-0.39, 0.29) is 5.92 Å². The smallest absolute Gasteiger partial charge is 0.243 e. The van der Waals surface area contributed by atoms with Crippen molar-refractivity contribution in [3.8, 4) is 11.6 Å². The number of aromatic nitrogens is 4. The van der Waals surface area contributed by atoms with Crippen molar-refractivity contribution in [2.75, 3.05) is 0 Å². The second-order valence-electron chi connectivity index (χ2n) is 2.87. The lowest BCUT2D eigenvalue weighted by molar-refractivity contribution is 0.365. The molecule has 0 unspecified atom stereocenters. The maximum atomic E-state index is 4.97. The summed E-state index contributed by atoms with van der Waals surface area (Å²) in [5.74, 6) is 1.47. The van der Waals surface area contributed by atoms with Gasteiger partial charge in [-0.05, 0) is 0 Å². The first-order valence-corrected chi connectivity index (χ1v) is 3.87. The van der Waals surface area contributed by atoms with Crippen molar-refractivity contribution in [2.45, 2.75) is 19.8 Å². The summed E-state index contributed by atoms with van der Waals surface area (Å²) in [5, 5.41) is 7.30. The summed E-state index contributed by atoms with van der Waals surface area (Å²) in [5.41, 5.74) is 0. The van der Waals surface area contributed by atoms with Crippen LogP contribution in [0.2, 0.25) is 0 Å². The molecule has 6 heteroatoms. The van der Waals surface area contributed by atoms with E-state index in [0.29, 0.717) is 17.5 Å². The van der Waals surface area contributed by atoms with E-state index in [9.17, 15) is 0 Å². The second kappa shape index (κ2) is 2.96. The molecule has 0 spiro atoms. The Morgan fingerprint density at radius 1 is 1.23 bits per heavy atom. The van der Waals surface area contributed by atoms with E-state index in [1.54, 1.807) is 0 Å². The average molecular weight is 180 g/mol. The monoisotopic (exact) mass is 180 g/mol. The Balaban J connectivity index is 2.33. The molecule has 0 saturated carbocycles. The first kappa shape index (κ1) is 7.90.